The van der Waals surface area contributed by atoms with Crippen molar-refractivity contribution in [1.82, 2.24) is 10.5 Å². The van der Waals surface area contributed by atoms with Crippen molar-refractivity contribution >= 4 is 21.8 Å². The third-order valence-corrected chi connectivity index (χ3v) is 3.92. The van der Waals surface area contributed by atoms with Crippen molar-refractivity contribution in [3.8, 4) is 0 Å². The van der Waals surface area contributed by atoms with Gasteiger partial charge in [-0.05, 0) is 25.5 Å². The molecule has 1 unspecified atom stereocenters. The number of aryl methyl sites for hydroxylation is 2. The Kier molecular flexibility index (Phi) is 4.60. The van der Waals surface area contributed by atoms with Crippen molar-refractivity contribution in [1.29, 1.82) is 0 Å². The average molecular weight is 337 g/mol. The Bertz CT molecular complexity index is 622. The van der Waals surface area contributed by atoms with Gasteiger partial charge in [0.1, 0.15) is 11.3 Å². The lowest BCUT2D eigenvalue weighted by molar-refractivity contribution is 0.0937. The topological polar surface area (TPSA) is 55.1 Å². The van der Waals surface area contributed by atoms with Crippen molar-refractivity contribution in [3.05, 3.63) is 51.3 Å². The molecule has 0 aliphatic rings. The van der Waals surface area contributed by atoms with Crippen molar-refractivity contribution < 1.29 is 9.32 Å². The Morgan fingerprint density at radius 2 is 2.15 bits per heavy atom. The molecule has 1 heterocycles. The van der Waals surface area contributed by atoms with Gasteiger partial charge < -0.3 is 9.84 Å². The van der Waals surface area contributed by atoms with Gasteiger partial charge in [-0.2, -0.15) is 0 Å². The Balaban J connectivity index is 2.20. The van der Waals surface area contributed by atoms with Crippen LogP contribution in [0.15, 0.2) is 33.3 Å². The minimum atomic E-state index is -0.149. The van der Waals surface area contributed by atoms with Crippen LogP contribution in [0, 0.1) is 6.92 Å². The first-order valence-corrected chi connectivity index (χ1v) is 7.34. The number of nitrogens with zero attached hydrogens (tertiary/aromatic N) is 1. The second kappa shape index (κ2) is 6.22. The van der Waals surface area contributed by atoms with E-state index in [-0.39, 0.29) is 11.9 Å². The molecule has 0 spiro atoms. The van der Waals surface area contributed by atoms with Gasteiger partial charge >= 0.3 is 0 Å². The van der Waals surface area contributed by atoms with Crippen molar-refractivity contribution in [3.63, 3.8) is 0 Å². The van der Waals surface area contributed by atoms with Gasteiger partial charge in [0, 0.05) is 10.9 Å². The monoisotopic (exact) mass is 336 g/mol. The fourth-order valence-corrected chi connectivity index (χ4v) is 2.75. The van der Waals surface area contributed by atoms with Gasteiger partial charge in [0.2, 0.25) is 0 Å². The first kappa shape index (κ1) is 14.8. The summed E-state index contributed by atoms with van der Waals surface area (Å²) in [6, 6.07) is 7.74. The van der Waals surface area contributed by atoms with Crippen LogP contribution in [-0.4, -0.2) is 11.1 Å². The molecule has 1 N–H and O–H groups in total. The van der Waals surface area contributed by atoms with E-state index < -0.39 is 0 Å². The number of hydrogen-bond donors (Lipinski definition) is 1. The number of hydrogen-bond acceptors (Lipinski definition) is 3. The van der Waals surface area contributed by atoms with E-state index in [9.17, 15) is 4.79 Å². The van der Waals surface area contributed by atoms with Crippen LogP contribution in [0.25, 0.3) is 0 Å². The van der Waals surface area contributed by atoms with Gasteiger partial charge in [-0.15, -0.1) is 0 Å². The summed E-state index contributed by atoms with van der Waals surface area (Å²) < 4.78 is 6.13. The van der Waals surface area contributed by atoms with E-state index in [2.05, 4.69) is 26.4 Å². The molecule has 1 atom stereocenters. The molecule has 0 bridgehead atoms. The van der Waals surface area contributed by atoms with Crippen LogP contribution >= 0.6 is 15.9 Å². The summed E-state index contributed by atoms with van der Waals surface area (Å²) in [5, 5.41) is 6.85. The average Bonchev–Trinajstić information content (AvgIpc) is 2.80. The molecular weight excluding hydrogens is 320 g/mol. The second-order valence-electron chi connectivity index (χ2n) is 4.64. The fourth-order valence-electron chi connectivity index (χ4n) is 2.12. The molecule has 106 valence electrons. The number of carbonyl (C=O) groups is 1. The number of carbonyl (C=O) groups excluding carboxylic acids is 1. The van der Waals surface area contributed by atoms with E-state index in [1.54, 1.807) is 6.92 Å². The summed E-state index contributed by atoms with van der Waals surface area (Å²) in [6.07, 6.45) is 0.646. The minimum Gasteiger partial charge on any atom is -0.360 e. The highest BCUT2D eigenvalue weighted by atomic mass is 79.9. The van der Waals surface area contributed by atoms with Gasteiger partial charge in [0.05, 0.1) is 11.7 Å². The molecule has 1 amide bonds. The van der Waals surface area contributed by atoms with Crippen LogP contribution in [0.3, 0.4) is 0 Å². The lowest BCUT2D eigenvalue weighted by Gasteiger charge is -2.15. The molecule has 2 rings (SSSR count). The highest BCUT2D eigenvalue weighted by Gasteiger charge is 2.21. The van der Waals surface area contributed by atoms with E-state index >= 15 is 0 Å². The lowest BCUT2D eigenvalue weighted by Crippen LogP contribution is -2.27. The molecular formula is C15H17BrN2O2. The summed E-state index contributed by atoms with van der Waals surface area (Å²) in [7, 11) is 0. The standard InChI is InChI=1S/C15H17BrN2O2/c1-4-13-14(10(3)18-20-13)15(19)17-9(2)11-7-5-6-8-12(11)16/h5-9H,4H2,1-3H3,(H,17,19). The summed E-state index contributed by atoms with van der Waals surface area (Å²) in [5.41, 5.74) is 2.21. The van der Waals surface area contributed by atoms with E-state index in [0.29, 0.717) is 23.4 Å². The third kappa shape index (κ3) is 2.93. The van der Waals surface area contributed by atoms with Gasteiger partial charge in [-0.25, -0.2) is 0 Å². The highest BCUT2D eigenvalue weighted by Crippen LogP contribution is 2.23. The zero-order chi connectivity index (χ0) is 14.7. The molecule has 1 aromatic carbocycles. The highest BCUT2D eigenvalue weighted by molar-refractivity contribution is 9.10. The molecule has 4 nitrogen and oxygen atoms in total. The molecule has 1 aromatic heterocycles. The lowest BCUT2D eigenvalue weighted by atomic mass is 10.1. The second-order valence-corrected chi connectivity index (χ2v) is 5.49. The first-order chi connectivity index (χ1) is 9.54. The fraction of sp³-hybridized carbons (Fsp3) is 0.333. The normalized spacial score (nSPS) is 12.2. The van der Waals surface area contributed by atoms with Crippen LogP contribution in [0.5, 0.6) is 0 Å². The van der Waals surface area contributed by atoms with E-state index in [1.807, 2.05) is 38.1 Å². The molecule has 0 saturated carbocycles. The first-order valence-electron chi connectivity index (χ1n) is 6.55. The molecule has 5 heteroatoms. The number of benzene rings is 1. The smallest absolute Gasteiger partial charge is 0.257 e. The Hall–Kier alpha value is -1.62. The van der Waals surface area contributed by atoms with Crippen molar-refractivity contribution in [2.75, 3.05) is 0 Å². The van der Waals surface area contributed by atoms with Gasteiger partial charge in [-0.3, -0.25) is 4.79 Å². The van der Waals surface area contributed by atoms with Crippen LogP contribution in [0.2, 0.25) is 0 Å². The van der Waals surface area contributed by atoms with Crippen LogP contribution in [-0.2, 0) is 6.42 Å². The third-order valence-electron chi connectivity index (χ3n) is 3.20. The Morgan fingerprint density at radius 3 is 2.80 bits per heavy atom. The number of nitrogens with one attached hydrogen (secondary N) is 1. The Labute approximate surface area is 126 Å². The number of amides is 1. The molecule has 0 aliphatic carbocycles. The summed E-state index contributed by atoms with van der Waals surface area (Å²) in [6.45, 7) is 5.67. The zero-order valence-electron chi connectivity index (χ0n) is 11.7. The summed E-state index contributed by atoms with van der Waals surface area (Å²) in [5.74, 6) is 0.475. The number of aromatic nitrogens is 1. The molecule has 0 aliphatic heterocycles. The zero-order valence-corrected chi connectivity index (χ0v) is 13.3. The maximum Gasteiger partial charge on any atom is 0.257 e. The van der Waals surface area contributed by atoms with Gasteiger partial charge in [-0.1, -0.05) is 46.2 Å². The largest absolute Gasteiger partial charge is 0.360 e. The molecule has 0 radical (unpaired) electrons. The van der Waals surface area contributed by atoms with Crippen LogP contribution < -0.4 is 5.32 Å². The van der Waals surface area contributed by atoms with Crippen molar-refractivity contribution in [2.24, 2.45) is 0 Å². The molecule has 2 aromatic rings. The number of rotatable bonds is 4. The molecule has 0 fully saturated rings. The molecule has 20 heavy (non-hydrogen) atoms. The summed E-state index contributed by atoms with van der Waals surface area (Å²) in [4.78, 5) is 12.4. The van der Waals surface area contributed by atoms with E-state index in [0.717, 1.165) is 10.0 Å². The van der Waals surface area contributed by atoms with Gasteiger partial charge in [0.25, 0.3) is 5.91 Å². The van der Waals surface area contributed by atoms with Crippen molar-refractivity contribution in [2.45, 2.75) is 33.2 Å². The van der Waals surface area contributed by atoms with Gasteiger partial charge in [0.15, 0.2) is 0 Å². The summed E-state index contributed by atoms with van der Waals surface area (Å²) >= 11 is 3.50. The van der Waals surface area contributed by atoms with E-state index in [4.69, 9.17) is 4.52 Å². The Morgan fingerprint density at radius 1 is 1.45 bits per heavy atom. The minimum absolute atomic E-state index is 0.0999. The maximum absolute atomic E-state index is 12.4. The predicted molar refractivity (Wildman–Crippen MR) is 80.6 cm³/mol. The number of halogens is 1. The predicted octanol–water partition coefficient (Wildman–Crippen LogP) is 3.80. The van der Waals surface area contributed by atoms with Crippen LogP contribution in [0.1, 0.15) is 47.3 Å². The maximum atomic E-state index is 12.4. The quantitative estimate of drug-likeness (QED) is 0.923. The molecule has 0 saturated heterocycles. The SMILES string of the molecule is CCc1onc(C)c1C(=O)NC(C)c1ccccc1Br. The van der Waals surface area contributed by atoms with E-state index in [1.165, 1.54) is 0 Å². The van der Waals surface area contributed by atoms with Crippen LogP contribution in [0.4, 0.5) is 0 Å².